The van der Waals surface area contributed by atoms with Crippen molar-refractivity contribution in [2.75, 3.05) is 13.2 Å². The summed E-state index contributed by atoms with van der Waals surface area (Å²) in [6.07, 6.45) is 6.03. The van der Waals surface area contributed by atoms with Gasteiger partial charge in [-0.2, -0.15) is 0 Å². The highest BCUT2D eigenvalue weighted by atomic mass is 35.5. The van der Waals surface area contributed by atoms with Crippen LogP contribution >= 0.6 is 22.9 Å². The Balaban J connectivity index is 1.96. The lowest BCUT2D eigenvalue weighted by molar-refractivity contribution is 0.133. The van der Waals surface area contributed by atoms with Crippen molar-refractivity contribution in [2.45, 2.75) is 39.0 Å². The normalized spacial score (nSPS) is 10.8. The van der Waals surface area contributed by atoms with E-state index in [-0.39, 0.29) is 0 Å². The molecule has 15 heavy (non-hydrogen) atoms. The van der Waals surface area contributed by atoms with E-state index in [0.29, 0.717) is 0 Å². The van der Waals surface area contributed by atoms with Crippen LogP contribution in [0.15, 0.2) is 11.4 Å². The fourth-order valence-corrected chi connectivity index (χ4v) is 2.52. The van der Waals surface area contributed by atoms with Crippen LogP contribution in [0.1, 0.15) is 37.5 Å². The molecule has 0 spiro atoms. The van der Waals surface area contributed by atoms with E-state index >= 15 is 0 Å². The first-order valence-electron chi connectivity index (χ1n) is 5.64. The number of halogens is 1. The number of ether oxygens (including phenoxy) is 1. The maximum Gasteiger partial charge on any atom is 0.0545 e. The van der Waals surface area contributed by atoms with Gasteiger partial charge in [-0.05, 0) is 17.9 Å². The third kappa shape index (κ3) is 5.55. The smallest absolute Gasteiger partial charge is 0.0545 e. The van der Waals surface area contributed by atoms with Gasteiger partial charge < -0.3 is 4.74 Å². The molecule has 0 amide bonds. The van der Waals surface area contributed by atoms with Crippen molar-refractivity contribution in [3.8, 4) is 0 Å². The van der Waals surface area contributed by atoms with Gasteiger partial charge in [0, 0.05) is 17.9 Å². The van der Waals surface area contributed by atoms with Crippen molar-refractivity contribution in [1.29, 1.82) is 0 Å². The molecule has 0 fully saturated rings. The maximum atomic E-state index is 5.98. The maximum absolute atomic E-state index is 5.98. The lowest BCUT2D eigenvalue weighted by atomic mass is 10.2. The monoisotopic (exact) mass is 246 g/mol. The molecule has 0 aliphatic carbocycles. The molecule has 1 heterocycles. The summed E-state index contributed by atoms with van der Waals surface area (Å²) in [7, 11) is 0. The first kappa shape index (κ1) is 13.0. The summed E-state index contributed by atoms with van der Waals surface area (Å²) in [4.78, 5) is 1.24. The molecule has 0 radical (unpaired) electrons. The Morgan fingerprint density at radius 3 is 2.80 bits per heavy atom. The van der Waals surface area contributed by atoms with Gasteiger partial charge in [-0.25, -0.2) is 0 Å². The van der Waals surface area contributed by atoms with Gasteiger partial charge in [0.1, 0.15) is 0 Å². The molecule has 0 bridgehead atoms. The summed E-state index contributed by atoms with van der Waals surface area (Å²) in [5, 5.41) is 2.91. The van der Waals surface area contributed by atoms with Crippen LogP contribution in [-0.2, 0) is 11.2 Å². The Hall–Kier alpha value is -0.0500. The van der Waals surface area contributed by atoms with Crippen molar-refractivity contribution in [3.05, 3.63) is 21.3 Å². The molecular weight excluding hydrogens is 228 g/mol. The van der Waals surface area contributed by atoms with Gasteiger partial charge in [-0.3, -0.25) is 0 Å². The summed E-state index contributed by atoms with van der Waals surface area (Å²) in [5.41, 5.74) is 0. The fourth-order valence-electron chi connectivity index (χ4n) is 1.40. The van der Waals surface area contributed by atoms with Gasteiger partial charge in [0.25, 0.3) is 0 Å². The average Bonchev–Trinajstić information content (AvgIpc) is 2.63. The number of rotatable bonds is 8. The number of hydrogen-bond acceptors (Lipinski definition) is 2. The van der Waals surface area contributed by atoms with Crippen LogP contribution in [0, 0.1) is 0 Å². The first-order valence-corrected chi connectivity index (χ1v) is 6.90. The molecule has 0 aliphatic rings. The summed E-state index contributed by atoms with van der Waals surface area (Å²) in [6.45, 7) is 3.91. The zero-order valence-electron chi connectivity index (χ0n) is 9.30. The minimum absolute atomic E-state index is 0.798. The first-order chi connectivity index (χ1) is 7.34. The van der Waals surface area contributed by atoms with E-state index in [1.54, 1.807) is 11.3 Å². The topological polar surface area (TPSA) is 9.23 Å². The van der Waals surface area contributed by atoms with E-state index < -0.39 is 0 Å². The highest BCUT2D eigenvalue weighted by Gasteiger charge is 2.00. The van der Waals surface area contributed by atoms with Crippen LogP contribution < -0.4 is 0 Å². The molecule has 1 aromatic rings. The third-order valence-corrected chi connectivity index (χ3v) is 3.75. The Morgan fingerprint density at radius 1 is 1.27 bits per heavy atom. The molecule has 1 nitrogen and oxygen atoms in total. The molecule has 1 rings (SSSR count). The second-order valence-corrected chi connectivity index (χ2v) is 5.02. The zero-order chi connectivity index (χ0) is 10.9. The van der Waals surface area contributed by atoms with Crippen molar-refractivity contribution in [1.82, 2.24) is 0 Å². The highest BCUT2D eigenvalue weighted by molar-refractivity contribution is 7.10. The van der Waals surface area contributed by atoms with Crippen LogP contribution in [-0.4, -0.2) is 13.2 Å². The van der Waals surface area contributed by atoms with E-state index in [1.165, 1.54) is 30.6 Å². The van der Waals surface area contributed by atoms with Crippen molar-refractivity contribution in [3.63, 3.8) is 0 Å². The predicted molar refractivity (Wildman–Crippen MR) is 68.0 cm³/mol. The number of thiophene rings is 1. The van der Waals surface area contributed by atoms with E-state index in [0.717, 1.165) is 24.7 Å². The van der Waals surface area contributed by atoms with Crippen LogP contribution in [0.2, 0.25) is 5.02 Å². The predicted octanol–water partition coefficient (Wildman–Crippen LogP) is 4.54. The van der Waals surface area contributed by atoms with E-state index in [1.807, 2.05) is 11.4 Å². The molecular formula is C12H19ClOS. The second-order valence-electron chi connectivity index (χ2n) is 3.61. The Labute approximate surface area is 101 Å². The Morgan fingerprint density at radius 2 is 2.13 bits per heavy atom. The number of unbranched alkanes of at least 4 members (excludes halogenated alkanes) is 3. The lowest BCUT2D eigenvalue weighted by Gasteiger charge is -2.03. The van der Waals surface area contributed by atoms with Gasteiger partial charge >= 0.3 is 0 Å². The van der Waals surface area contributed by atoms with Crippen LogP contribution in [0.25, 0.3) is 0 Å². The van der Waals surface area contributed by atoms with E-state index in [4.69, 9.17) is 16.3 Å². The van der Waals surface area contributed by atoms with E-state index in [9.17, 15) is 0 Å². The highest BCUT2D eigenvalue weighted by Crippen LogP contribution is 2.22. The molecule has 0 saturated heterocycles. The molecule has 1 aromatic heterocycles. The minimum atomic E-state index is 0.798. The molecule has 0 aromatic carbocycles. The third-order valence-electron chi connectivity index (χ3n) is 2.31. The van der Waals surface area contributed by atoms with Crippen molar-refractivity contribution in [2.24, 2.45) is 0 Å². The van der Waals surface area contributed by atoms with Crippen LogP contribution in [0.4, 0.5) is 0 Å². The van der Waals surface area contributed by atoms with Gasteiger partial charge in [0.15, 0.2) is 0 Å². The molecule has 0 aliphatic heterocycles. The largest absolute Gasteiger partial charge is 0.381 e. The van der Waals surface area contributed by atoms with Crippen LogP contribution in [0.3, 0.4) is 0 Å². The second kappa shape index (κ2) is 8.14. The summed E-state index contributed by atoms with van der Waals surface area (Å²) in [5.74, 6) is 0. The number of hydrogen-bond donors (Lipinski definition) is 0. The van der Waals surface area contributed by atoms with Crippen molar-refractivity contribution < 1.29 is 4.74 Å². The molecule has 0 unspecified atom stereocenters. The molecule has 0 atom stereocenters. The van der Waals surface area contributed by atoms with Crippen LogP contribution in [0.5, 0.6) is 0 Å². The molecule has 3 heteroatoms. The summed E-state index contributed by atoms with van der Waals surface area (Å²) >= 11 is 7.69. The molecule has 0 saturated carbocycles. The Bertz CT molecular complexity index is 260. The molecule has 0 N–H and O–H groups in total. The Kier molecular flexibility index (Phi) is 7.07. The van der Waals surface area contributed by atoms with Gasteiger partial charge in [-0.1, -0.05) is 37.8 Å². The standard InChI is InChI=1S/C12H19ClOS/c1-2-3-4-5-8-14-9-6-12-11(13)7-10-15-12/h7,10H,2-6,8-9H2,1H3. The quantitative estimate of drug-likeness (QED) is 0.612. The summed E-state index contributed by atoms with van der Waals surface area (Å²) < 4.78 is 5.56. The fraction of sp³-hybridized carbons (Fsp3) is 0.667. The summed E-state index contributed by atoms with van der Waals surface area (Å²) in [6, 6.07) is 1.95. The van der Waals surface area contributed by atoms with Crippen molar-refractivity contribution >= 4 is 22.9 Å². The minimum Gasteiger partial charge on any atom is -0.381 e. The lowest BCUT2D eigenvalue weighted by Crippen LogP contribution is -1.99. The SMILES string of the molecule is CCCCCCOCCc1sccc1Cl. The van der Waals surface area contributed by atoms with Gasteiger partial charge in [0.05, 0.1) is 11.6 Å². The van der Waals surface area contributed by atoms with Gasteiger partial charge in [-0.15, -0.1) is 11.3 Å². The van der Waals surface area contributed by atoms with Gasteiger partial charge in [0.2, 0.25) is 0 Å². The molecule has 86 valence electrons. The average molecular weight is 247 g/mol. The van der Waals surface area contributed by atoms with E-state index in [2.05, 4.69) is 6.92 Å². The zero-order valence-corrected chi connectivity index (χ0v) is 10.9.